The Kier molecular flexibility index (Phi) is 8.40. The van der Waals surface area contributed by atoms with E-state index < -0.39 is 16.6 Å². The Morgan fingerprint density at radius 2 is 1.00 bits per heavy atom. The van der Waals surface area contributed by atoms with Gasteiger partial charge in [-0.05, 0) is 0 Å². The third-order valence-electron chi connectivity index (χ3n) is 0. The summed E-state index contributed by atoms with van der Waals surface area (Å²) in [4.78, 5) is 0. The fraction of sp³-hybridized carbons (Fsp3) is 0. The molecule has 0 aromatic heterocycles. The Labute approximate surface area is 44.7 Å². The van der Waals surface area contributed by atoms with Gasteiger partial charge in [0.15, 0.2) is 0 Å². The molecule has 0 saturated heterocycles. The minimum atomic E-state index is -3.73. The van der Waals surface area contributed by atoms with Crippen molar-refractivity contribution in [1.82, 2.24) is 0 Å². The van der Waals surface area contributed by atoms with Gasteiger partial charge in [-0.25, -0.2) is 0 Å². The van der Waals surface area contributed by atoms with E-state index in [9.17, 15) is 0 Å². The molecule has 0 atom stereocenters. The van der Waals surface area contributed by atoms with Crippen molar-refractivity contribution in [3.63, 3.8) is 0 Å². The van der Waals surface area contributed by atoms with E-state index in [4.69, 9.17) is 10.4 Å². The molecular formula is AlO3Pd. The zero-order chi connectivity index (χ0) is 3.58. The molecule has 0 rings (SSSR count). The molecule has 0 amide bonds. The van der Waals surface area contributed by atoms with E-state index >= 15 is 0 Å². The third kappa shape index (κ3) is 87.4. The third-order valence-corrected chi connectivity index (χ3v) is 0. The van der Waals surface area contributed by atoms with Gasteiger partial charge in [-0.2, -0.15) is 0 Å². The Hall–Kier alpha value is 0.595. The second-order valence-electron chi connectivity index (χ2n) is 0.158. The number of hydrogen-bond donors (Lipinski definition) is 0. The topological polar surface area (TPSA) is 51.2 Å². The summed E-state index contributed by atoms with van der Waals surface area (Å²) in [5.74, 6) is 0. The van der Waals surface area contributed by atoms with Gasteiger partial charge >= 0.3 is 27.0 Å². The first-order chi connectivity index (χ1) is 1.73. The van der Waals surface area contributed by atoms with Gasteiger partial charge in [0.05, 0.1) is 0 Å². The maximum atomic E-state index is 8.53. The Balaban J connectivity index is 0. The molecule has 0 spiro atoms. The zero-order valence-electron chi connectivity index (χ0n) is 2.12. The molecule has 5 heavy (non-hydrogen) atoms. The Morgan fingerprint density at radius 1 is 1.00 bits per heavy atom. The molecule has 3 radical (unpaired) electrons. The molecule has 0 saturated carbocycles. The van der Waals surface area contributed by atoms with E-state index in [2.05, 4.69) is 0 Å². The van der Waals surface area contributed by atoms with Crippen LogP contribution in [0.3, 0.4) is 0 Å². The van der Waals surface area contributed by atoms with Gasteiger partial charge in [0.25, 0.3) is 0 Å². The van der Waals surface area contributed by atoms with E-state index in [1.165, 1.54) is 0 Å². The Bertz CT molecular complexity index is 76.3. The van der Waals surface area contributed by atoms with Crippen molar-refractivity contribution in [2.24, 2.45) is 0 Å². The minimum absolute atomic E-state index is 0. The molecule has 0 heterocycles. The molecule has 0 aromatic carbocycles. The number of rotatable bonds is 0. The average Bonchev–Trinajstić information content (AvgIpc) is 0.811. The van der Waals surface area contributed by atoms with Gasteiger partial charge in [-0.3, -0.25) is 0 Å². The summed E-state index contributed by atoms with van der Waals surface area (Å²) in [6, 6.07) is 0. The number of hydrogen-bond acceptors (Lipinski definition) is 3. The first-order valence-corrected chi connectivity index (χ1v) is 2.29. The van der Waals surface area contributed by atoms with Crippen LogP contribution in [-0.4, -0.2) is 17.4 Å². The molecule has 0 fully saturated rings. The predicted molar refractivity (Wildman–Crippen MR) is 7.81 cm³/mol. The maximum absolute atomic E-state index is 8.53. The van der Waals surface area contributed by atoms with E-state index in [1.54, 1.807) is 0 Å². The first-order valence-electron chi connectivity index (χ1n) is 0.387. The fourth-order valence-corrected chi connectivity index (χ4v) is 0. The van der Waals surface area contributed by atoms with Gasteiger partial charge < -0.3 is 0 Å². The Morgan fingerprint density at radius 3 is 1.00 bits per heavy atom. The summed E-state index contributed by atoms with van der Waals surface area (Å²) in [7, 11) is 0. The molecule has 31 valence electrons. The normalized spacial score (nSPS) is 8.40. The van der Waals surface area contributed by atoms with Crippen LogP contribution >= 0.6 is 0 Å². The zero-order valence-corrected chi connectivity index (χ0v) is 4.83. The molecule has 0 aliphatic rings. The summed E-state index contributed by atoms with van der Waals surface area (Å²) in [6.45, 7) is 0. The van der Waals surface area contributed by atoms with Crippen molar-refractivity contribution in [3.05, 3.63) is 0 Å². The van der Waals surface area contributed by atoms with Crippen molar-refractivity contribution < 1.29 is 27.0 Å². The monoisotopic (exact) mass is 181 g/mol. The van der Waals surface area contributed by atoms with Crippen LogP contribution < -0.4 is 0 Å². The van der Waals surface area contributed by atoms with Crippen molar-refractivity contribution in [2.45, 2.75) is 0 Å². The standard InChI is InChI=1S/Al.3O.Pd. The van der Waals surface area contributed by atoms with E-state index in [1.807, 2.05) is 0 Å². The molecule has 0 bridgehead atoms. The van der Waals surface area contributed by atoms with Gasteiger partial charge in [0.1, 0.15) is 0 Å². The van der Waals surface area contributed by atoms with Crippen molar-refractivity contribution in [1.29, 1.82) is 0 Å². The SMILES string of the molecule is [Al].[O]=[Pd](=[O])=[O]. The van der Waals surface area contributed by atoms with E-state index in [-0.39, 0.29) is 17.4 Å². The van der Waals surface area contributed by atoms with Crippen LogP contribution in [0.4, 0.5) is 0 Å². The van der Waals surface area contributed by atoms with Crippen LogP contribution in [0, 0.1) is 0 Å². The molecular weight excluding hydrogens is 181 g/mol. The van der Waals surface area contributed by atoms with E-state index in [0.717, 1.165) is 0 Å². The van der Waals surface area contributed by atoms with Crippen LogP contribution in [0.1, 0.15) is 0 Å². The predicted octanol–water partition coefficient (Wildman–Crippen LogP) is -0.740. The first kappa shape index (κ1) is 9.14. The van der Waals surface area contributed by atoms with Crippen molar-refractivity contribution in [2.75, 3.05) is 0 Å². The average molecular weight is 181 g/mol. The van der Waals surface area contributed by atoms with Crippen LogP contribution in [0.15, 0.2) is 0 Å². The van der Waals surface area contributed by atoms with E-state index in [0.29, 0.717) is 0 Å². The molecule has 0 aromatic rings. The second kappa shape index (κ2) is 4.59. The van der Waals surface area contributed by atoms with Gasteiger partial charge in [-0.15, -0.1) is 0 Å². The summed E-state index contributed by atoms with van der Waals surface area (Å²) in [6.07, 6.45) is 0. The van der Waals surface area contributed by atoms with Gasteiger partial charge in [-0.1, -0.05) is 0 Å². The summed E-state index contributed by atoms with van der Waals surface area (Å²) in [5, 5.41) is 0. The summed E-state index contributed by atoms with van der Waals surface area (Å²) < 4.78 is 25.6. The summed E-state index contributed by atoms with van der Waals surface area (Å²) in [5.41, 5.74) is 0. The molecule has 0 unspecified atom stereocenters. The van der Waals surface area contributed by atoms with Crippen molar-refractivity contribution in [3.8, 4) is 0 Å². The van der Waals surface area contributed by atoms with Gasteiger partial charge in [0.2, 0.25) is 0 Å². The van der Waals surface area contributed by atoms with Crippen LogP contribution in [-0.2, 0) is 27.0 Å². The molecule has 5 heteroatoms. The molecule has 0 N–H and O–H groups in total. The fourth-order valence-electron chi connectivity index (χ4n) is 0. The quantitative estimate of drug-likeness (QED) is 0.463. The van der Waals surface area contributed by atoms with Crippen molar-refractivity contribution >= 4 is 17.4 Å². The van der Waals surface area contributed by atoms with Crippen LogP contribution in [0.25, 0.3) is 0 Å². The molecule has 0 aliphatic heterocycles. The van der Waals surface area contributed by atoms with Crippen LogP contribution in [0.2, 0.25) is 0 Å². The van der Waals surface area contributed by atoms with Crippen LogP contribution in [0.5, 0.6) is 0 Å². The summed E-state index contributed by atoms with van der Waals surface area (Å²) >= 11 is -3.73. The molecule has 0 aliphatic carbocycles. The van der Waals surface area contributed by atoms with Gasteiger partial charge in [0, 0.05) is 17.4 Å². The molecule has 3 nitrogen and oxygen atoms in total. The second-order valence-corrected chi connectivity index (χ2v) is 0.935.